The van der Waals surface area contributed by atoms with Gasteiger partial charge in [0, 0.05) is 5.56 Å². The average molecular weight is 336 g/mol. The van der Waals surface area contributed by atoms with Crippen molar-refractivity contribution >= 4 is 23.1 Å². The number of methoxy groups -OCH3 is 1. The molecule has 0 heterocycles. The molecule has 0 unspecified atom stereocenters. The maximum Gasteiger partial charge on any atom is 0.454 e. The third-order valence-electron chi connectivity index (χ3n) is 2.96. The van der Waals surface area contributed by atoms with Crippen LogP contribution < -0.4 is 0 Å². The van der Waals surface area contributed by atoms with E-state index in [1.54, 1.807) is 0 Å². The number of hydrogen-bond donors (Lipinski definition) is 0. The highest BCUT2D eigenvalue weighted by Gasteiger charge is 2.39. The van der Waals surface area contributed by atoms with Crippen LogP contribution in [0.2, 0.25) is 0 Å². The number of Topliss-reactive ketones (excluding diaryl/α,β-unsaturated/α-hetero) is 1. The third kappa shape index (κ3) is 4.25. The number of ketones is 1. The molecule has 0 fully saturated rings. The Kier molecular flexibility index (Phi) is 5.08. The standard InChI is InChI=1S/C16H11F3N2O3/c1-24-15(23)11-4-8-13(9-5-11)21-20-12-6-2-10(3-7-12)14(22)16(17,18)19/h2-9H,1H3. The van der Waals surface area contributed by atoms with Crippen molar-refractivity contribution in [2.24, 2.45) is 10.2 Å². The summed E-state index contributed by atoms with van der Waals surface area (Å²) in [6.07, 6.45) is -4.91. The molecular formula is C16H11F3N2O3. The predicted octanol–water partition coefficient (Wildman–Crippen LogP) is 4.63. The molecule has 0 aliphatic carbocycles. The molecule has 0 aliphatic rings. The van der Waals surface area contributed by atoms with Gasteiger partial charge in [-0.15, -0.1) is 0 Å². The summed E-state index contributed by atoms with van der Waals surface area (Å²) in [6.45, 7) is 0. The van der Waals surface area contributed by atoms with E-state index < -0.39 is 23.5 Å². The molecule has 0 radical (unpaired) electrons. The molecule has 8 heteroatoms. The van der Waals surface area contributed by atoms with Crippen LogP contribution in [0.1, 0.15) is 20.7 Å². The minimum Gasteiger partial charge on any atom is -0.465 e. The van der Waals surface area contributed by atoms with E-state index in [2.05, 4.69) is 15.0 Å². The molecule has 0 amide bonds. The van der Waals surface area contributed by atoms with E-state index in [1.807, 2.05) is 0 Å². The smallest absolute Gasteiger partial charge is 0.454 e. The lowest BCUT2D eigenvalue weighted by atomic mass is 10.1. The van der Waals surface area contributed by atoms with E-state index in [1.165, 1.54) is 43.5 Å². The molecular weight excluding hydrogens is 325 g/mol. The second-order valence-corrected chi connectivity index (χ2v) is 4.61. The van der Waals surface area contributed by atoms with Crippen molar-refractivity contribution in [2.45, 2.75) is 6.18 Å². The van der Waals surface area contributed by atoms with Crippen molar-refractivity contribution in [3.63, 3.8) is 0 Å². The fourth-order valence-corrected chi connectivity index (χ4v) is 1.74. The van der Waals surface area contributed by atoms with Crippen LogP contribution in [0.15, 0.2) is 58.8 Å². The monoisotopic (exact) mass is 336 g/mol. The van der Waals surface area contributed by atoms with Gasteiger partial charge in [-0.25, -0.2) is 4.79 Å². The number of benzene rings is 2. The molecule has 0 saturated carbocycles. The van der Waals surface area contributed by atoms with Crippen LogP contribution in [-0.4, -0.2) is 25.0 Å². The zero-order valence-electron chi connectivity index (χ0n) is 12.4. The van der Waals surface area contributed by atoms with Crippen molar-refractivity contribution in [1.82, 2.24) is 0 Å². The first-order chi connectivity index (χ1) is 11.3. The van der Waals surface area contributed by atoms with Crippen molar-refractivity contribution < 1.29 is 27.5 Å². The number of alkyl halides is 3. The first kappa shape index (κ1) is 17.3. The number of ether oxygens (including phenoxy) is 1. The molecule has 0 aliphatic heterocycles. The molecule has 0 atom stereocenters. The van der Waals surface area contributed by atoms with Gasteiger partial charge in [-0.3, -0.25) is 4.79 Å². The normalized spacial score (nSPS) is 11.5. The molecule has 2 aromatic rings. The first-order valence-corrected chi connectivity index (χ1v) is 6.63. The van der Waals surface area contributed by atoms with Crippen LogP contribution in [0, 0.1) is 0 Å². The summed E-state index contributed by atoms with van der Waals surface area (Å²) >= 11 is 0. The number of azo groups is 1. The Morgan fingerprint density at radius 1 is 0.833 bits per heavy atom. The lowest BCUT2D eigenvalue weighted by Gasteiger charge is -2.04. The van der Waals surface area contributed by atoms with E-state index in [-0.39, 0.29) is 5.69 Å². The van der Waals surface area contributed by atoms with Gasteiger partial charge in [0.2, 0.25) is 0 Å². The predicted molar refractivity (Wildman–Crippen MR) is 78.8 cm³/mol. The fourth-order valence-electron chi connectivity index (χ4n) is 1.74. The molecule has 0 bridgehead atoms. The number of rotatable bonds is 4. The highest BCUT2D eigenvalue weighted by atomic mass is 19.4. The van der Waals surface area contributed by atoms with E-state index in [9.17, 15) is 22.8 Å². The summed E-state index contributed by atoms with van der Waals surface area (Å²) in [6, 6.07) is 10.7. The molecule has 2 rings (SSSR count). The number of carbonyl (C=O) groups excluding carboxylic acids is 2. The second-order valence-electron chi connectivity index (χ2n) is 4.61. The number of hydrogen-bond acceptors (Lipinski definition) is 5. The van der Waals surface area contributed by atoms with Crippen molar-refractivity contribution in [3.8, 4) is 0 Å². The maximum absolute atomic E-state index is 12.3. The summed E-state index contributed by atoms with van der Waals surface area (Å²) in [5.41, 5.74) is 0.610. The topological polar surface area (TPSA) is 68.1 Å². The third-order valence-corrected chi connectivity index (χ3v) is 2.96. The van der Waals surface area contributed by atoms with Crippen LogP contribution in [0.3, 0.4) is 0 Å². The van der Waals surface area contributed by atoms with E-state index >= 15 is 0 Å². The summed E-state index contributed by atoms with van der Waals surface area (Å²) in [5, 5.41) is 7.74. The summed E-state index contributed by atoms with van der Waals surface area (Å²) < 4.78 is 41.4. The molecule has 5 nitrogen and oxygen atoms in total. The average Bonchev–Trinajstić information content (AvgIpc) is 2.58. The highest BCUT2D eigenvalue weighted by Crippen LogP contribution is 2.24. The van der Waals surface area contributed by atoms with Gasteiger partial charge in [-0.1, -0.05) is 0 Å². The second kappa shape index (κ2) is 7.03. The number of carbonyl (C=O) groups is 2. The van der Waals surface area contributed by atoms with Gasteiger partial charge < -0.3 is 4.74 Å². The Morgan fingerprint density at radius 2 is 1.25 bits per heavy atom. The quantitative estimate of drug-likeness (QED) is 0.464. The summed E-state index contributed by atoms with van der Waals surface area (Å²) in [4.78, 5) is 22.3. The van der Waals surface area contributed by atoms with E-state index in [0.29, 0.717) is 11.3 Å². The molecule has 24 heavy (non-hydrogen) atoms. The minimum absolute atomic E-state index is 0.283. The Balaban J connectivity index is 2.09. The molecule has 0 N–H and O–H groups in total. The van der Waals surface area contributed by atoms with Gasteiger partial charge in [0.25, 0.3) is 5.78 Å². The molecule has 0 saturated heterocycles. The van der Waals surface area contributed by atoms with Crippen LogP contribution in [0.5, 0.6) is 0 Å². The van der Waals surface area contributed by atoms with Crippen molar-refractivity contribution in [2.75, 3.05) is 7.11 Å². The highest BCUT2D eigenvalue weighted by molar-refractivity contribution is 6.00. The van der Waals surface area contributed by atoms with Gasteiger partial charge in [-0.05, 0) is 48.5 Å². The van der Waals surface area contributed by atoms with Gasteiger partial charge in [-0.2, -0.15) is 23.4 Å². The van der Waals surface area contributed by atoms with Gasteiger partial charge in [0.05, 0.1) is 24.0 Å². The Labute approximate surface area is 134 Å². The van der Waals surface area contributed by atoms with E-state index in [4.69, 9.17) is 0 Å². The van der Waals surface area contributed by atoms with E-state index in [0.717, 1.165) is 12.1 Å². The molecule has 0 aromatic heterocycles. The minimum atomic E-state index is -4.91. The van der Waals surface area contributed by atoms with Gasteiger partial charge in [0.1, 0.15) is 0 Å². The first-order valence-electron chi connectivity index (χ1n) is 6.63. The Morgan fingerprint density at radius 3 is 1.62 bits per heavy atom. The van der Waals surface area contributed by atoms with Crippen LogP contribution in [-0.2, 0) is 4.74 Å². The fraction of sp³-hybridized carbons (Fsp3) is 0.125. The zero-order chi connectivity index (χ0) is 17.7. The number of halogens is 3. The zero-order valence-corrected chi connectivity index (χ0v) is 12.4. The number of nitrogens with zero attached hydrogens (tertiary/aromatic N) is 2. The lowest BCUT2D eigenvalue weighted by Crippen LogP contribution is -2.22. The van der Waals surface area contributed by atoms with Crippen molar-refractivity contribution in [3.05, 3.63) is 59.7 Å². The number of esters is 1. The largest absolute Gasteiger partial charge is 0.465 e. The Bertz CT molecular complexity index is 767. The van der Waals surface area contributed by atoms with Gasteiger partial charge in [0.15, 0.2) is 0 Å². The summed E-state index contributed by atoms with van der Waals surface area (Å²) in [7, 11) is 1.27. The molecule has 124 valence electrons. The molecule has 0 spiro atoms. The maximum atomic E-state index is 12.3. The van der Waals surface area contributed by atoms with Crippen LogP contribution in [0.25, 0.3) is 0 Å². The summed E-state index contributed by atoms with van der Waals surface area (Å²) in [5.74, 6) is -2.40. The SMILES string of the molecule is COC(=O)c1ccc(N=Nc2ccc(C(=O)C(F)(F)F)cc2)cc1. The van der Waals surface area contributed by atoms with Crippen molar-refractivity contribution in [1.29, 1.82) is 0 Å². The van der Waals surface area contributed by atoms with Crippen LogP contribution >= 0.6 is 0 Å². The lowest BCUT2D eigenvalue weighted by molar-refractivity contribution is -0.0885. The molecule has 2 aromatic carbocycles. The van der Waals surface area contributed by atoms with Crippen LogP contribution in [0.4, 0.5) is 24.5 Å². The Hall–Kier alpha value is -3.03. The van der Waals surface area contributed by atoms with Gasteiger partial charge >= 0.3 is 12.1 Å².